The van der Waals surface area contributed by atoms with Crippen LogP contribution in [0.15, 0.2) is 250 Å². The van der Waals surface area contributed by atoms with Crippen molar-refractivity contribution in [1.82, 2.24) is 25.3 Å². The molecule has 26 nitrogen and oxygen atoms in total. The first-order chi connectivity index (χ1) is 51.4. The van der Waals surface area contributed by atoms with Crippen LogP contribution in [-0.2, 0) is 55.2 Å². The number of carbonyl (C=O) groups excluding carboxylic acids is 2. The number of nitrogens with one attached hydrogen (secondary N) is 5. The molecule has 26 heteroatoms. The topological polar surface area (TPSA) is 417 Å². The van der Waals surface area contributed by atoms with Crippen molar-refractivity contribution in [3.8, 4) is 28.3 Å². The molecule has 106 heavy (non-hydrogen) atoms. The molecule has 0 unspecified atom stereocenters. The molecule has 1 amide bonds. The normalized spacial score (nSPS) is 12.3. The fourth-order valence-electron chi connectivity index (χ4n) is 10.5. The number of rotatable bonds is 32. The first-order valence-corrected chi connectivity index (χ1v) is 33.6. The number of aromatic hydroxyl groups is 1. The molecule has 0 saturated heterocycles. The number of benzene rings is 8. The molecular formula is C80H79N11O15. The minimum absolute atomic E-state index is 0.00511. The van der Waals surface area contributed by atoms with Gasteiger partial charge in [0.05, 0.1) is 43.2 Å². The van der Waals surface area contributed by atoms with E-state index in [4.69, 9.17) is 39.7 Å². The van der Waals surface area contributed by atoms with Gasteiger partial charge in [-0.3, -0.25) is 34.4 Å². The summed E-state index contributed by atoms with van der Waals surface area (Å²) in [6.45, 7) is -0.411. The van der Waals surface area contributed by atoms with Crippen molar-refractivity contribution in [2.24, 2.45) is 10.1 Å². The highest BCUT2D eigenvalue weighted by atomic mass is 16.4. The summed E-state index contributed by atoms with van der Waals surface area (Å²) in [5.41, 5.74) is 12.6. The van der Waals surface area contributed by atoms with E-state index in [1.165, 1.54) is 18.3 Å². The molecule has 0 radical (unpaired) electrons. The Kier molecular flexibility index (Phi) is 29.0. The van der Waals surface area contributed by atoms with Gasteiger partial charge in [-0.05, 0) is 71.5 Å². The molecule has 4 atom stereocenters. The number of aliphatic hydroxyl groups is 6. The zero-order valence-electron chi connectivity index (χ0n) is 57.3. The van der Waals surface area contributed by atoms with E-state index in [0.717, 1.165) is 44.8 Å². The molecule has 0 fully saturated rings. The second-order valence-corrected chi connectivity index (χ2v) is 23.8. The summed E-state index contributed by atoms with van der Waals surface area (Å²) in [6.07, 6.45) is -5.35. The highest BCUT2D eigenvalue weighted by Crippen LogP contribution is 2.33. The number of hydrogen-bond acceptors (Lipinski definition) is 23. The quantitative estimate of drug-likeness (QED) is 0.0106. The lowest BCUT2D eigenvalue weighted by Gasteiger charge is -2.25. The van der Waals surface area contributed by atoms with E-state index < -0.39 is 73.2 Å². The van der Waals surface area contributed by atoms with Crippen molar-refractivity contribution < 1.29 is 69.6 Å². The SMILES string of the molecule is O=C(O)CCC(=O)c1ccc(CCc2c(CO)oc(CNc3ccc(C(=O)NCC(=O)O)cc3)c(O)c2=O)cc1.OC[C@@H](O)[C@@H](O)[C@H](O)[C@H](O)/C(C=NCc1ccccc1)=N/Nc1ccccc1.c1ccc(CNc2nc(NCc3ccccc3)c3nc(-c4ccccc4)c(-c4ccccc4)nc3n2)cc1. The number of carboxylic acids is 2. The number of aliphatic carboxylic acids is 2. The Morgan fingerprint density at radius 1 is 0.519 bits per heavy atom. The third kappa shape index (κ3) is 22.9. The molecule has 11 aromatic rings. The fraction of sp³-hybridized carbons (Fsp3) is 0.188. The average molecular weight is 1430 g/mol. The van der Waals surface area contributed by atoms with Gasteiger partial charge in [0.15, 0.2) is 28.5 Å². The molecule has 3 aromatic heterocycles. The van der Waals surface area contributed by atoms with Gasteiger partial charge in [0.1, 0.15) is 49.0 Å². The van der Waals surface area contributed by atoms with Gasteiger partial charge >= 0.3 is 11.9 Å². The summed E-state index contributed by atoms with van der Waals surface area (Å²) in [5.74, 6) is -2.62. The number of nitrogens with zero attached hydrogens (tertiary/aromatic N) is 6. The van der Waals surface area contributed by atoms with Crippen LogP contribution in [0.4, 0.5) is 23.1 Å². The van der Waals surface area contributed by atoms with Crippen LogP contribution in [0.5, 0.6) is 5.75 Å². The molecular weight excluding hydrogens is 1350 g/mol. The van der Waals surface area contributed by atoms with Crippen LogP contribution in [0.3, 0.4) is 0 Å². The Morgan fingerprint density at radius 2 is 1.07 bits per heavy atom. The predicted octanol–water partition coefficient (Wildman–Crippen LogP) is 9.24. The number of aliphatic hydroxyl groups excluding tert-OH is 6. The molecule has 0 aliphatic rings. The zero-order valence-corrected chi connectivity index (χ0v) is 57.3. The maximum absolute atomic E-state index is 12.9. The predicted molar refractivity (Wildman–Crippen MR) is 402 cm³/mol. The number of aliphatic imine (C=N–C) groups is 1. The van der Waals surface area contributed by atoms with Crippen LogP contribution in [0, 0.1) is 0 Å². The Hall–Kier alpha value is -12.7. The summed E-state index contributed by atoms with van der Waals surface area (Å²) >= 11 is 0. The summed E-state index contributed by atoms with van der Waals surface area (Å²) in [5, 5.41) is 103. The highest BCUT2D eigenvalue weighted by Gasteiger charge is 2.33. The van der Waals surface area contributed by atoms with Gasteiger partial charge in [-0.1, -0.05) is 194 Å². The van der Waals surface area contributed by atoms with Gasteiger partial charge in [-0.15, -0.1) is 0 Å². The van der Waals surface area contributed by atoms with Gasteiger partial charge in [-0.2, -0.15) is 15.1 Å². The van der Waals surface area contributed by atoms with E-state index in [-0.39, 0.29) is 59.9 Å². The molecule has 0 aliphatic carbocycles. The van der Waals surface area contributed by atoms with Crippen molar-refractivity contribution in [3.05, 3.63) is 291 Å². The second kappa shape index (κ2) is 39.7. The molecule has 8 aromatic carbocycles. The number of Topliss-reactive ketones (excluding diaryl/α,β-unsaturated/α-hetero) is 1. The average Bonchev–Trinajstić information content (AvgIpc) is 0.767. The maximum Gasteiger partial charge on any atom is 0.322 e. The number of anilines is 4. The van der Waals surface area contributed by atoms with Crippen LogP contribution < -0.4 is 32.1 Å². The molecule has 11 rings (SSSR count). The number of ketones is 1. The van der Waals surface area contributed by atoms with Crippen molar-refractivity contribution in [2.45, 2.75) is 82.9 Å². The lowest BCUT2D eigenvalue weighted by molar-refractivity contribution is -0.137. The van der Waals surface area contributed by atoms with Crippen molar-refractivity contribution >= 4 is 69.9 Å². The van der Waals surface area contributed by atoms with Gasteiger partial charge < -0.3 is 71.6 Å². The van der Waals surface area contributed by atoms with Crippen molar-refractivity contribution in [1.29, 1.82) is 0 Å². The van der Waals surface area contributed by atoms with Gasteiger partial charge in [0, 0.05) is 59.2 Å². The molecule has 14 N–H and O–H groups in total. The van der Waals surface area contributed by atoms with Crippen LogP contribution >= 0.6 is 0 Å². The number of fused-ring (bicyclic) bond motifs is 1. The van der Waals surface area contributed by atoms with Gasteiger partial charge in [0.25, 0.3) is 5.91 Å². The summed E-state index contributed by atoms with van der Waals surface area (Å²) in [4.78, 5) is 82.1. The molecule has 0 saturated carbocycles. The first-order valence-electron chi connectivity index (χ1n) is 33.6. The van der Waals surface area contributed by atoms with E-state index in [2.05, 4.69) is 73.2 Å². The van der Waals surface area contributed by atoms with Crippen LogP contribution in [0.1, 0.15) is 72.9 Å². The largest absolute Gasteiger partial charge is 0.502 e. The summed E-state index contributed by atoms with van der Waals surface area (Å²) in [7, 11) is 0. The zero-order chi connectivity index (χ0) is 75.2. The molecule has 0 bridgehead atoms. The molecule has 0 spiro atoms. The number of aromatic nitrogens is 4. The fourth-order valence-corrected chi connectivity index (χ4v) is 10.5. The second-order valence-electron chi connectivity index (χ2n) is 23.8. The number of amides is 1. The number of carbonyl (C=O) groups is 4. The lowest BCUT2D eigenvalue weighted by atomic mass is 10.00. The molecule has 544 valence electrons. The minimum Gasteiger partial charge on any atom is -0.502 e. The van der Waals surface area contributed by atoms with E-state index >= 15 is 0 Å². The molecule has 0 aliphatic heterocycles. The maximum atomic E-state index is 12.9. The van der Waals surface area contributed by atoms with Gasteiger partial charge in [-0.25, -0.2) is 9.97 Å². The lowest BCUT2D eigenvalue weighted by Crippen LogP contribution is -2.49. The minimum atomic E-state index is -1.78. The van der Waals surface area contributed by atoms with E-state index in [1.807, 2.05) is 121 Å². The number of carboxylic acid groups (broad SMARTS) is 2. The monoisotopic (exact) mass is 1430 g/mol. The summed E-state index contributed by atoms with van der Waals surface area (Å²) in [6, 6.07) is 71.6. The Labute approximate surface area is 608 Å². The highest BCUT2D eigenvalue weighted by molar-refractivity contribution is 6.33. The van der Waals surface area contributed by atoms with Crippen LogP contribution in [0.25, 0.3) is 33.7 Å². The number of hydrazone groups is 1. The van der Waals surface area contributed by atoms with Gasteiger partial charge in [0.2, 0.25) is 17.1 Å². The standard InChI is InChI=1S/C32H26N6.C28H28N2O10.C20H25N3O5/c1-5-13-23(14-6-1)21-33-30-29-31(38-32(37-30)34-22-24-15-7-2-8-16-24)36-28(26-19-11-4-12-20-26)27(35-29)25-17-9-3-10-18-25;31-15-23-20(10-3-16-1-4-17(5-2-16)21(32)11-12-24(33)34)26(37)27(38)22(40-23)13-29-19-8-6-18(7-9-19)28(39)30-14-25(35)36;24-13-17(25)19(27)20(28)18(26)16(23-22-15-9-5-2-6-10-15)12-21-11-14-7-3-1-4-8-14/h1-20H,21-22H2,(H2,33,34,36,37,38);1-2,4-9,29,31,38H,3,10-15H2,(H,30,39)(H,33,34)(H,35,36);1-10,12,17-20,22,24-28H,11,13H2/b;;21-12?,23-16+/t;;17-,18-,19-,20-/m..1/s1. The Balaban J connectivity index is 0.000000187. The van der Waals surface area contributed by atoms with E-state index in [0.29, 0.717) is 65.9 Å². The number of para-hydroxylation sites is 1. The van der Waals surface area contributed by atoms with E-state index in [9.17, 15) is 54.6 Å². The van der Waals surface area contributed by atoms with Crippen molar-refractivity contribution in [3.63, 3.8) is 0 Å². The third-order valence-corrected chi connectivity index (χ3v) is 16.2. The smallest absolute Gasteiger partial charge is 0.322 e. The van der Waals surface area contributed by atoms with Crippen LogP contribution in [0.2, 0.25) is 0 Å². The number of hydrogen-bond donors (Lipinski definition) is 14. The number of aryl methyl sites for hydroxylation is 1. The van der Waals surface area contributed by atoms with Crippen LogP contribution in [-0.4, -0.2) is 139 Å². The summed E-state index contributed by atoms with van der Waals surface area (Å²) < 4.78 is 5.62. The first kappa shape index (κ1) is 77.5. The van der Waals surface area contributed by atoms with Crippen molar-refractivity contribution in [2.75, 3.05) is 34.5 Å². The Bertz CT molecular complexity index is 4780. The third-order valence-electron chi connectivity index (χ3n) is 16.2. The Morgan fingerprint density at radius 3 is 1.63 bits per heavy atom. The van der Waals surface area contributed by atoms with E-state index in [1.54, 1.807) is 60.7 Å². The molecule has 3 heterocycles.